The van der Waals surface area contributed by atoms with Crippen molar-refractivity contribution in [3.63, 3.8) is 0 Å². The van der Waals surface area contributed by atoms with Gasteiger partial charge in [-0.05, 0) is 63.4 Å². The van der Waals surface area contributed by atoms with Crippen molar-refractivity contribution in [3.8, 4) is 0 Å². The van der Waals surface area contributed by atoms with E-state index in [-0.39, 0.29) is 16.9 Å². The lowest BCUT2D eigenvalue weighted by molar-refractivity contribution is -0.121. The monoisotopic (exact) mass is 376 g/mol. The summed E-state index contributed by atoms with van der Waals surface area (Å²) in [5, 5.41) is 0. The fourth-order valence-corrected chi connectivity index (χ4v) is 5.42. The van der Waals surface area contributed by atoms with Crippen LogP contribution in [0.5, 0.6) is 0 Å². The second-order valence-electron chi connectivity index (χ2n) is 9.27. The summed E-state index contributed by atoms with van der Waals surface area (Å²) in [6, 6.07) is 19.2. The minimum Gasteiger partial charge on any atom is -0.305 e. The van der Waals surface area contributed by atoms with Gasteiger partial charge >= 0.3 is 0 Å². The molecule has 0 N–H and O–H groups in total. The maximum atomic E-state index is 13.5. The number of carbonyl (C=O) groups excluding carboxylic acids is 1. The van der Waals surface area contributed by atoms with Gasteiger partial charge in [-0.15, -0.1) is 0 Å². The van der Waals surface area contributed by atoms with Crippen molar-refractivity contribution in [2.75, 3.05) is 24.5 Å². The molecule has 3 heteroatoms. The van der Waals surface area contributed by atoms with Crippen molar-refractivity contribution in [1.82, 2.24) is 4.90 Å². The van der Waals surface area contributed by atoms with Crippen LogP contribution in [0.1, 0.15) is 57.6 Å². The molecule has 2 heterocycles. The molecule has 0 spiro atoms. The minimum atomic E-state index is -0.244. The van der Waals surface area contributed by atoms with Crippen molar-refractivity contribution < 1.29 is 4.79 Å². The van der Waals surface area contributed by atoms with E-state index in [1.54, 1.807) is 0 Å². The first-order valence-electron chi connectivity index (χ1n) is 10.6. The third-order valence-corrected chi connectivity index (χ3v) is 6.60. The van der Waals surface area contributed by atoms with Gasteiger partial charge in [0.2, 0.25) is 5.91 Å². The number of rotatable bonds is 3. The molecule has 0 aromatic heterocycles. The van der Waals surface area contributed by atoms with Gasteiger partial charge in [0.05, 0.1) is 6.54 Å². The van der Waals surface area contributed by atoms with Crippen LogP contribution < -0.4 is 4.90 Å². The lowest BCUT2D eigenvalue weighted by atomic mass is 9.65. The maximum Gasteiger partial charge on any atom is 0.241 e. The molecule has 0 aliphatic carbocycles. The van der Waals surface area contributed by atoms with Crippen molar-refractivity contribution in [2.24, 2.45) is 0 Å². The summed E-state index contributed by atoms with van der Waals surface area (Å²) in [4.78, 5) is 17.9. The van der Waals surface area contributed by atoms with Crippen molar-refractivity contribution in [2.45, 2.75) is 57.4 Å². The summed E-state index contributed by atoms with van der Waals surface area (Å²) in [6.07, 6.45) is 4.61. The van der Waals surface area contributed by atoms with E-state index in [1.807, 2.05) is 0 Å². The number of piperidine rings is 1. The van der Waals surface area contributed by atoms with Gasteiger partial charge in [-0.3, -0.25) is 9.69 Å². The molecule has 3 nitrogen and oxygen atoms in total. The minimum absolute atomic E-state index is 0.108. The Morgan fingerprint density at radius 3 is 2.25 bits per heavy atom. The number of nitrogens with zero attached hydrogens (tertiary/aromatic N) is 2. The molecule has 2 aromatic carbocycles. The highest BCUT2D eigenvalue weighted by atomic mass is 16.2. The summed E-state index contributed by atoms with van der Waals surface area (Å²) in [6.45, 7) is 9.39. The van der Waals surface area contributed by atoms with Crippen LogP contribution in [0, 0.1) is 0 Å². The molecule has 4 rings (SSSR count). The zero-order chi connectivity index (χ0) is 19.8. The van der Waals surface area contributed by atoms with E-state index in [1.165, 1.54) is 30.4 Å². The summed E-state index contributed by atoms with van der Waals surface area (Å²) >= 11 is 0. The van der Waals surface area contributed by atoms with Crippen LogP contribution >= 0.6 is 0 Å². The average Bonchev–Trinajstić information content (AvgIpc) is 2.69. The molecular formula is C25H32N2O. The van der Waals surface area contributed by atoms with Gasteiger partial charge in [0.25, 0.3) is 0 Å². The molecule has 0 bridgehead atoms. The Morgan fingerprint density at radius 1 is 0.893 bits per heavy atom. The van der Waals surface area contributed by atoms with Crippen LogP contribution in [0.25, 0.3) is 0 Å². The second kappa shape index (κ2) is 7.36. The van der Waals surface area contributed by atoms with Crippen LogP contribution in [0.4, 0.5) is 5.69 Å². The first-order chi connectivity index (χ1) is 13.4. The third-order valence-electron chi connectivity index (χ3n) is 6.60. The average molecular weight is 377 g/mol. The van der Waals surface area contributed by atoms with E-state index in [9.17, 15) is 4.79 Å². The Kier molecular flexibility index (Phi) is 5.05. The summed E-state index contributed by atoms with van der Waals surface area (Å²) in [7, 11) is 0. The van der Waals surface area contributed by atoms with Gasteiger partial charge < -0.3 is 4.90 Å². The molecule has 1 saturated heterocycles. The van der Waals surface area contributed by atoms with E-state index in [2.05, 4.69) is 85.2 Å². The SMILES string of the molecule is CC1(c2ccccc2)CC(C)(C)N(C(=O)CN2CCCCC2)c2ccccc21. The number of likely N-dealkylation sites (tertiary alicyclic amines) is 1. The van der Waals surface area contributed by atoms with E-state index >= 15 is 0 Å². The van der Waals surface area contributed by atoms with Crippen LogP contribution in [0.3, 0.4) is 0 Å². The largest absolute Gasteiger partial charge is 0.305 e. The number of amides is 1. The van der Waals surface area contributed by atoms with Crippen LogP contribution in [-0.4, -0.2) is 36.0 Å². The Hall–Kier alpha value is -2.13. The number of carbonyl (C=O) groups is 1. The number of fused-ring (bicyclic) bond motifs is 1. The molecule has 28 heavy (non-hydrogen) atoms. The Morgan fingerprint density at radius 2 is 1.54 bits per heavy atom. The van der Waals surface area contributed by atoms with Gasteiger partial charge in [0, 0.05) is 16.6 Å². The van der Waals surface area contributed by atoms with Gasteiger partial charge in [-0.2, -0.15) is 0 Å². The highest BCUT2D eigenvalue weighted by Gasteiger charge is 2.47. The molecule has 1 atom stereocenters. The molecule has 1 unspecified atom stereocenters. The second-order valence-corrected chi connectivity index (χ2v) is 9.27. The van der Waals surface area contributed by atoms with Crippen LogP contribution in [0.2, 0.25) is 0 Å². The van der Waals surface area contributed by atoms with E-state index in [4.69, 9.17) is 0 Å². The first kappa shape index (κ1) is 19.2. The van der Waals surface area contributed by atoms with Gasteiger partial charge in [-0.25, -0.2) is 0 Å². The van der Waals surface area contributed by atoms with Crippen LogP contribution in [0.15, 0.2) is 54.6 Å². The number of para-hydroxylation sites is 1. The van der Waals surface area contributed by atoms with E-state index in [0.717, 1.165) is 25.2 Å². The maximum absolute atomic E-state index is 13.5. The lowest BCUT2D eigenvalue weighted by Gasteiger charge is -2.51. The predicted molar refractivity (Wildman–Crippen MR) is 116 cm³/mol. The van der Waals surface area contributed by atoms with Crippen molar-refractivity contribution in [1.29, 1.82) is 0 Å². The predicted octanol–water partition coefficient (Wildman–Crippen LogP) is 4.99. The Labute approximate surface area is 169 Å². The smallest absolute Gasteiger partial charge is 0.241 e. The molecule has 0 saturated carbocycles. The number of hydrogen-bond acceptors (Lipinski definition) is 2. The summed E-state index contributed by atoms with van der Waals surface area (Å²) in [5.41, 5.74) is 3.30. The number of anilines is 1. The fourth-order valence-electron chi connectivity index (χ4n) is 5.42. The topological polar surface area (TPSA) is 23.6 Å². The molecular weight excluding hydrogens is 344 g/mol. The summed E-state index contributed by atoms with van der Waals surface area (Å²) < 4.78 is 0. The molecule has 2 aliphatic rings. The zero-order valence-corrected chi connectivity index (χ0v) is 17.4. The van der Waals surface area contributed by atoms with Crippen molar-refractivity contribution in [3.05, 3.63) is 65.7 Å². The standard InChI is InChI=1S/C25H32N2O/c1-24(2)19-25(3,20-12-6-4-7-13-20)21-14-8-9-15-22(21)27(24)23(28)18-26-16-10-5-11-17-26/h4,6-9,12-15H,5,10-11,16-19H2,1-3H3. The fraction of sp³-hybridized carbons (Fsp3) is 0.480. The molecule has 2 aromatic rings. The first-order valence-corrected chi connectivity index (χ1v) is 10.6. The van der Waals surface area contributed by atoms with Gasteiger partial charge in [0.15, 0.2) is 0 Å². The third kappa shape index (κ3) is 3.37. The molecule has 1 fully saturated rings. The molecule has 148 valence electrons. The van der Waals surface area contributed by atoms with Crippen LogP contribution in [-0.2, 0) is 10.2 Å². The van der Waals surface area contributed by atoms with Crippen molar-refractivity contribution >= 4 is 11.6 Å². The zero-order valence-electron chi connectivity index (χ0n) is 17.4. The lowest BCUT2D eigenvalue weighted by Crippen LogP contribution is -2.58. The highest BCUT2D eigenvalue weighted by Crippen LogP contribution is 2.50. The molecule has 0 radical (unpaired) electrons. The summed E-state index contributed by atoms with van der Waals surface area (Å²) in [5.74, 6) is 0.231. The molecule has 1 amide bonds. The highest BCUT2D eigenvalue weighted by molar-refractivity contribution is 5.98. The normalized spacial score (nSPS) is 24.6. The van der Waals surface area contributed by atoms with Gasteiger partial charge in [0.1, 0.15) is 0 Å². The Balaban J connectivity index is 1.73. The molecule has 2 aliphatic heterocycles. The number of benzene rings is 2. The van der Waals surface area contributed by atoms with E-state index in [0.29, 0.717) is 6.54 Å². The quantitative estimate of drug-likeness (QED) is 0.753. The number of hydrogen-bond donors (Lipinski definition) is 0. The Bertz CT molecular complexity index is 839. The van der Waals surface area contributed by atoms with E-state index < -0.39 is 0 Å². The van der Waals surface area contributed by atoms with Gasteiger partial charge in [-0.1, -0.05) is 61.9 Å².